The van der Waals surface area contributed by atoms with Crippen LogP contribution >= 0.6 is 0 Å². The van der Waals surface area contributed by atoms with Gasteiger partial charge in [0.05, 0.1) is 0 Å². The largest absolute Gasteiger partial charge is 0.378 e. The Bertz CT molecular complexity index is 942. The molecular weight excluding hydrogens is 442 g/mol. The van der Waals surface area contributed by atoms with Crippen molar-refractivity contribution in [1.29, 1.82) is 0 Å². The lowest BCUT2D eigenvalue weighted by Gasteiger charge is -2.41. The molecule has 0 saturated carbocycles. The number of nitrogens with one attached hydrogen (secondary N) is 1. The molecule has 3 fully saturated rings. The molecule has 3 aliphatic heterocycles. The number of hydrogen-bond acceptors (Lipinski definition) is 5. The summed E-state index contributed by atoms with van der Waals surface area (Å²) in [5, 5.41) is 3.14. The molecule has 192 valence electrons. The Morgan fingerprint density at radius 3 is 2.51 bits per heavy atom. The van der Waals surface area contributed by atoms with Crippen molar-refractivity contribution in [3.8, 4) is 0 Å². The van der Waals surface area contributed by atoms with Crippen LogP contribution in [0.2, 0.25) is 0 Å². The fourth-order valence-electron chi connectivity index (χ4n) is 6.19. The van der Waals surface area contributed by atoms with E-state index in [0.29, 0.717) is 50.5 Å². The van der Waals surface area contributed by atoms with E-state index in [9.17, 15) is 14.4 Å². The standard InChI is InChI=1S/C27H41N5O3/c1-5-14-27(25(34)32(26(35)28-27)18-13-22-10-7-15-30(22)4)21-11-16-31(17-12-21)24(33)20-8-6-9-23(19-20)29(2)3/h6,8-9,19,21-22H,5,7,10-18H2,1-4H3,(H,28,35)/t22-,27-/m1/s1. The molecule has 1 aromatic rings. The van der Waals surface area contributed by atoms with Crippen molar-refractivity contribution >= 4 is 23.5 Å². The molecule has 3 aliphatic rings. The van der Waals surface area contributed by atoms with Crippen LogP contribution in [-0.2, 0) is 4.79 Å². The molecule has 8 heteroatoms. The lowest BCUT2D eigenvalue weighted by Crippen LogP contribution is -2.56. The number of nitrogens with zero attached hydrogens (tertiary/aromatic N) is 4. The maximum atomic E-state index is 13.7. The van der Waals surface area contributed by atoms with Gasteiger partial charge in [0.2, 0.25) is 0 Å². The number of hydrogen-bond donors (Lipinski definition) is 1. The third-order valence-electron chi connectivity index (χ3n) is 8.29. The van der Waals surface area contributed by atoms with Crippen LogP contribution in [0.3, 0.4) is 0 Å². The van der Waals surface area contributed by atoms with Crippen molar-refractivity contribution in [3.63, 3.8) is 0 Å². The van der Waals surface area contributed by atoms with Gasteiger partial charge in [-0.1, -0.05) is 19.4 Å². The highest BCUT2D eigenvalue weighted by Gasteiger charge is 2.55. The van der Waals surface area contributed by atoms with E-state index in [4.69, 9.17) is 0 Å². The topological polar surface area (TPSA) is 76.2 Å². The van der Waals surface area contributed by atoms with Gasteiger partial charge < -0.3 is 20.0 Å². The highest BCUT2D eigenvalue weighted by atomic mass is 16.2. The molecule has 0 radical (unpaired) electrons. The minimum absolute atomic E-state index is 0.0285. The normalized spacial score (nSPS) is 25.9. The lowest BCUT2D eigenvalue weighted by molar-refractivity contribution is -0.134. The fraction of sp³-hybridized carbons (Fsp3) is 0.667. The SMILES string of the molecule is CCC[C@]1(C2CCN(C(=O)c3cccc(N(C)C)c3)CC2)NC(=O)N(CC[C@H]2CCCN2C)C1=O. The Kier molecular flexibility index (Phi) is 7.69. The van der Waals surface area contributed by atoms with E-state index in [1.807, 2.05) is 48.2 Å². The van der Waals surface area contributed by atoms with Crippen LogP contribution < -0.4 is 10.2 Å². The Hall–Kier alpha value is -2.61. The fourth-order valence-corrected chi connectivity index (χ4v) is 6.19. The number of urea groups is 1. The molecule has 1 aromatic carbocycles. The van der Waals surface area contributed by atoms with Crippen LogP contribution in [0, 0.1) is 5.92 Å². The summed E-state index contributed by atoms with van der Waals surface area (Å²) in [5.74, 6) is 0.00413. The van der Waals surface area contributed by atoms with Gasteiger partial charge >= 0.3 is 6.03 Å². The third kappa shape index (κ3) is 5.03. The zero-order chi connectivity index (χ0) is 25.2. The van der Waals surface area contributed by atoms with E-state index in [0.717, 1.165) is 31.5 Å². The number of carbonyl (C=O) groups excluding carboxylic acids is 3. The zero-order valence-electron chi connectivity index (χ0n) is 21.8. The number of rotatable bonds is 8. The maximum absolute atomic E-state index is 13.7. The molecule has 0 spiro atoms. The predicted octanol–water partition coefficient (Wildman–Crippen LogP) is 3.18. The van der Waals surface area contributed by atoms with Gasteiger partial charge in [0.25, 0.3) is 11.8 Å². The zero-order valence-corrected chi connectivity index (χ0v) is 21.8. The van der Waals surface area contributed by atoms with Crippen LogP contribution in [-0.4, -0.2) is 91.4 Å². The molecule has 4 rings (SSSR count). The van der Waals surface area contributed by atoms with Gasteiger partial charge in [-0.15, -0.1) is 0 Å². The van der Waals surface area contributed by atoms with Gasteiger partial charge in [0, 0.05) is 51.0 Å². The number of piperidine rings is 1. The summed E-state index contributed by atoms with van der Waals surface area (Å²) in [6.45, 7) is 4.81. The Balaban J connectivity index is 1.42. The first-order valence-electron chi connectivity index (χ1n) is 13.2. The average Bonchev–Trinajstić information content (AvgIpc) is 3.37. The van der Waals surface area contributed by atoms with E-state index in [1.54, 1.807) is 0 Å². The molecular formula is C27H41N5O3. The van der Waals surface area contributed by atoms with Crippen LogP contribution in [0.5, 0.6) is 0 Å². The number of benzene rings is 1. The first-order valence-corrected chi connectivity index (χ1v) is 13.2. The Morgan fingerprint density at radius 1 is 1.14 bits per heavy atom. The number of anilines is 1. The van der Waals surface area contributed by atoms with Gasteiger partial charge in [-0.2, -0.15) is 0 Å². The van der Waals surface area contributed by atoms with Crippen LogP contribution in [0.25, 0.3) is 0 Å². The smallest absolute Gasteiger partial charge is 0.325 e. The lowest BCUT2D eigenvalue weighted by atomic mass is 9.74. The molecule has 0 aliphatic carbocycles. The van der Waals surface area contributed by atoms with Gasteiger partial charge in [-0.3, -0.25) is 14.5 Å². The van der Waals surface area contributed by atoms with Crippen LogP contribution in [0.15, 0.2) is 24.3 Å². The number of amides is 4. The van der Waals surface area contributed by atoms with Crippen molar-refractivity contribution in [2.24, 2.45) is 5.92 Å². The van der Waals surface area contributed by atoms with Gasteiger partial charge in [-0.25, -0.2) is 4.79 Å². The Labute approximate surface area is 209 Å². The highest BCUT2D eigenvalue weighted by Crippen LogP contribution is 2.37. The minimum Gasteiger partial charge on any atom is -0.378 e. The number of likely N-dealkylation sites (tertiary alicyclic amines) is 2. The summed E-state index contributed by atoms with van der Waals surface area (Å²) in [4.78, 5) is 47.5. The van der Waals surface area contributed by atoms with E-state index in [-0.39, 0.29) is 23.8 Å². The molecule has 1 N–H and O–H groups in total. The quantitative estimate of drug-likeness (QED) is 0.575. The molecule has 3 heterocycles. The van der Waals surface area contributed by atoms with Gasteiger partial charge in [-0.05, 0) is 76.2 Å². The third-order valence-corrected chi connectivity index (χ3v) is 8.29. The van der Waals surface area contributed by atoms with E-state index >= 15 is 0 Å². The summed E-state index contributed by atoms with van der Waals surface area (Å²) < 4.78 is 0. The van der Waals surface area contributed by atoms with Crippen molar-refractivity contribution in [2.75, 3.05) is 52.2 Å². The highest BCUT2D eigenvalue weighted by molar-refractivity contribution is 6.07. The molecule has 35 heavy (non-hydrogen) atoms. The van der Waals surface area contributed by atoms with Crippen molar-refractivity contribution < 1.29 is 14.4 Å². The van der Waals surface area contributed by atoms with E-state index in [2.05, 4.69) is 24.2 Å². The second kappa shape index (κ2) is 10.6. The number of imide groups is 1. The molecule has 0 unspecified atom stereocenters. The summed E-state index contributed by atoms with van der Waals surface area (Å²) in [7, 11) is 6.05. The van der Waals surface area contributed by atoms with Crippen LogP contribution in [0.1, 0.15) is 62.2 Å². The van der Waals surface area contributed by atoms with Crippen molar-refractivity contribution in [2.45, 2.75) is 63.5 Å². The first-order chi connectivity index (χ1) is 16.8. The monoisotopic (exact) mass is 483 g/mol. The molecule has 3 saturated heterocycles. The van der Waals surface area contributed by atoms with E-state index < -0.39 is 5.54 Å². The second-order valence-electron chi connectivity index (χ2n) is 10.7. The van der Waals surface area contributed by atoms with Crippen molar-refractivity contribution in [1.82, 2.24) is 20.0 Å². The van der Waals surface area contributed by atoms with Crippen LogP contribution in [0.4, 0.5) is 10.5 Å². The predicted molar refractivity (Wildman–Crippen MR) is 138 cm³/mol. The molecule has 0 bridgehead atoms. The minimum atomic E-state index is -0.840. The molecule has 8 nitrogen and oxygen atoms in total. The van der Waals surface area contributed by atoms with Gasteiger partial charge in [0.15, 0.2) is 0 Å². The average molecular weight is 484 g/mol. The summed E-state index contributed by atoms with van der Waals surface area (Å²) in [5.41, 5.74) is 0.843. The maximum Gasteiger partial charge on any atom is 0.325 e. The summed E-state index contributed by atoms with van der Waals surface area (Å²) in [6.07, 6.45) is 6.02. The van der Waals surface area contributed by atoms with Crippen molar-refractivity contribution in [3.05, 3.63) is 29.8 Å². The summed E-state index contributed by atoms with van der Waals surface area (Å²) >= 11 is 0. The molecule has 0 aromatic heterocycles. The first kappa shape index (κ1) is 25.5. The molecule has 2 atom stereocenters. The van der Waals surface area contributed by atoms with Gasteiger partial charge in [0.1, 0.15) is 5.54 Å². The Morgan fingerprint density at radius 2 is 1.89 bits per heavy atom. The second-order valence-corrected chi connectivity index (χ2v) is 10.7. The summed E-state index contributed by atoms with van der Waals surface area (Å²) in [6, 6.07) is 7.88. The number of carbonyl (C=O) groups is 3. The molecule has 4 amide bonds. The van der Waals surface area contributed by atoms with E-state index in [1.165, 1.54) is 11.3 Å².